The van der Waals surface area contributed by atoms with Crippen molar-refractivity contribution in [2.45, 2.75) is 10.1 Å². The molecule has 0 radical (unpaired) electrons. The smallest absolute Gasteiger partial charge is 0.200 e. The van der Waals surface area contributed by atoms with Crippen molar-refractivity contribution in [1.82, 2.24) is 9.97 Å². The molecule has 2 heterocycles. The van der Waals surface area contributed by atoms with E-state index in [-0.39, 0.29) is 10.6 Å². The van der Waals surface area contributed by atoms with Gasteiger partial charge in [-0.15, -0.1) is 0 Å². The maximum Gasteiger partial charge on any atom is 0.200 e. The molecule has 0 aliphatic carbocycles. The first-order valence-corrected chi connectivity index (χ1v) is 11.1. The molecule has 29 heavy (non-hydrogen) atoms. The number of sulfone groups is 1. The fraction of sp³-hybridized carbons (Fsp3) is 0.286. The first kappa shape index (κ1) is 19.3. The van der Waals surface area contributed by atoms with Crippen molar-refractivity contribution < 1.29 is 13.3 Å². The summed E-state index contributed by atoms with van der Waals surface area (Å²) in [5, 5.41) is 8.47. The number of nitrogens with zero attached hydrogens (tertiary/aromatic N) is 4. The number of likely N-dealkylation sites (N-methyl/N-ethyl adjacent to an activating group) is 1. The van der Waals surface area contributed by atoms with Crippen LogP contribution in [0.1, 0.15) is 10.9 Å². The van der Waals surface area contributed by atoms with Crippen LogP contribution in [-0.2, 0) is 9.84 Å². The molecule has 4 rings (SSSR count). The van der Waals surface area contributed by atoms with E-state index >= 15 is 0 Å². The molecule has 1 atom stereocenters. The second-order valence-electron chi connectivity index (χ2n) is 7.23. The number of aromatic nitrogens is 2. The van der Waals surface area contributed by atoms with E-state index in [4.69, 9.17) is 4.98 Å². The average Bonchev–Trinajstić information content (AvgIpc) is 2.75. The Balaban J connectivity index is 1.88. The van der Waals surface area contributed by atoms with Gasteiger partial charge >= 0.3 is 0 Å². The molecule has 0 saturated carbocycles. The van der Waals surface area contributed by atoms with Crippen molar-refractivity contribution >= 4 is 26.7 Å². The number of rotatable bonds is 4. The molecule has 1 aliphatic rings. The van der Waals surface area contributed by atoms with Gasteiger partial charge in [0.2, 0.25) is 9.84 Å². The molecule has 148 valence electrons. The summed E-state index contributed by atoms with van der Waals surface area (Å²) in [5.74, 6) is 0.488. The lowest BCUT2D eigenvalue weighted by molar-refractivity contribution is -0.880. The van der Waals surface area contributed by atoms with Gasteiger partial charge in [0, 0.05) is 0 Å². The van der Waals surface area contributed by atoms with Crippen LogP contribution in [0.4, 0.5) is 5.82 Å². The first-order chi connectivity index (χ1) is 14.0. The van der Waals surface area contributed by atoms with Crippen molar-refractivity contribution in [1.29, 1.82) is 5.26 Å². The second-order valence-corrected chi connectivity index (χ2v) is 9.27. The molecular formula is C21H22N5O2S+. The van der Waals surface area contributed by atoms with Crippen LogP contribution < -0.4 is 9.80 Å². The highest BCUT2D eigenvalue weighted by Crippen LogP contribution is 2.33. The lowest BCUT2D eigenvalue weighted by atomic mass is 10.2. The van der Waals surface area contributed by atoms with Gasteiger partial charge in [-0.05, 0) is 24.3 Å². The number of nitriles is 1. The molecule has 1 aromatic heterocycles. The number of para-hydroxylation sites is 2. The highest BCUT2D eigenvalue weighted by Gasteiger charge is 2.35. The largest absolute Gasteiger partial charge is 0.344 e. The third-order valence-electron chi connectivity index (χ3n) is 5.24. The van der Waals surface area contributed by atoms with Crippen LogP contribution in [0.25, 0.3) is 11.0 Å². The predicted octanol–water partition coefficient (Wildman–Crippen LogP) is 1.00. The number of benzene rings is 2. The van der Waals surface area contributed by atoms with Crippen molar-refractivity contribution in [3.8, 4) is 6.07 Å². The van der Waals surface area contributed by atoms with Crippen molar-refractivity contribution in [3.05, 3.63) is 60.3 Å². The van der Waals surface area contributed by atoms with Crippen LogP contribution in [0.2, 0.25) is 0 Å². The fourth-order valence-electron chi connectivity index (χ4n) is 3.54. The Kier molecular flexibility index (Phi) is 5.18. The van der Waals surface area contributed by atoms with Crippen LogP contribution in [-0.4, -0.2) is 51.6 Å². The first-order valence-electron chi connectivity index (χ1n) is 9.52. The number of nitrogens with one attached hydrogen (secondary N) is 1. The highest BCUT2D eigenvalue weighted by atomic mass is 32.2. The van der Waals surface area contributed by atoms with E-state index < -0.39 is 15.1 Å². The molecule has 1 fully saturated rings. The van der Waals surface area contributed by atoms with Crippen LogP contribution >= 0.6 is 0 Å². The Labute approximate surface area is 170 Å². The second kappa shape index (κ2) is 7.78. The van der Waals surface area contributed by atoms with Crippen LogP contribution in [0.5, 0.6) is 0 Å². The van der Waals surface area contributed by atoms with Gasteiger partial charge in [0.15, 0.2) is 11.1 Å². The number of anilines is 1. The Morgan fingerprint density at radius 3 is 2.21 bits per heavy atom. The predicted molar refractivity (Wildman–Crippen MR) is 110 cm³/mol. The number of fused-ring (bicyclic) bond motifs is 1. The normalized spacial score (nSPS) is 16.5. The number of hydrogen-bond acceptors (Lipinski definition) is 6. The summed E-state index contributed by atoms with van der Waals surface area (Å²) in [7, 11) is -1.81. The van der Waals surface area contributed by atoms with Gasteiger partial charge in [0.25, 0.3) is 0 Å². The average molecular weight is 409 g/mol. The minimum atomic E-state index is -3.94. The van der Waals surface area contributed by atoms with Gasteiger partial charge in [0.1, 0.15) is 5.69 Å². The Hall–Kier alpha value is -3.02. The van der Waals surface area contributed by atoms with E-state index in [1.807, 2.05) is 29.2 Å². The molecule has 8 heteroatoms. The molecule has 7 nitrogen and oxygen atoms in total. The zero-order valence-corrected chi connectivity index (χ0v) is 16.9. The minimum Gasteiger partial charge on any atom is -0.344 e. The van der Waals surface area contributed by atoms with Crippen molar-refractivity contribution in [2.75, 3.05) is 38.1 Å². The summed E-state index contributed by atoms with van der Waals surface area (Å²) < 4.78 is 26.5. The molecular weight excluding hydrogens is 386 g/mol. The quantitative estimate of drug-likeness (QED) is 0.693. The van der Waals surface area contributed by atoms with Gasteiger partial charge in [-0.3, -0.25) is 0 Å². The van der Waals surface area contributed by atoms with Gasteiger partial charge < -0.3 is 9.80 Å². The molecule has 3 aromatic rings. The number of quaternary nitrogens is 1. The molecule has 1 saturated heterocycles. The van der Waals surface area contributed by atoms with E-state index in [9.17, 15) is 13.7 Å². The summed E-state index contributed by atoms with van der Waals surface area (Å²) in [6.07, 6.45) is 0. The van der Waals surface area contributed by atoms with Gasteiger partial charge in [-0.2, -0.15) is 5.26 Å². The third-order valence-corrected chi connectivity index (χ3v) is 7.12. The van der Waals surface area contributed by atoms with Crippen LogP contribution in [0.3, 0.4) is 0 Å². The van der Waals surface area contributed by atoms with Gasteiger partial charge in [0.05, 0.1) is 55.2 Å². The summed E-state index contributed by atoms with van der Waals surface area (Å²) in [4.78, 5) is 12.9. The van der Waals surface area contributed by atoms with E-state index in [0.717, 1.165) is 26.2 Å². The topological polar surface area (TPSA) is 91.4 Å². The Morgan fingerprint density at radius 1 is 1.00 bits per heavy atom. The summed E-state index contributed by atoms with van der Waals surface area (Å²) >= 11 is 0. The molecule has 0 bridgehead atoms. The zero-order chi connectivity index (χ0) is 20.4. The monoisotopic (exact) mass is 408 g/mol. The molecule has 0 unspecified atom stereocenters. The number of piperazine rings is 1. The van der Waals surface area contributed by atoms with E-state index in [0.29, 0.717) is 16.9 Å². The van der Waals surface area contributed by atoms with Crippen LogP contribution in [0.15, 0.2) is 59.5 Å². The molecule has 1 aliphatic heterocycles. The summed E-state index contributed by atoms with van der Waals surface area (Å²) in [6, 6.07) is 17.4. The molecule has 2 aromatic carbocycles. The Morgan fingerprint density at radius 2 is 1.59 bits per heavy atom. The van der Waals surface area contributed by atoms with E-state index in [2.05, 4.69) is 12.0 Å². The molecule has 0 spiro atoms. The van der Waals surface area contributed by atoms with E-state index in [1.165, 1.54) is 17.0 Å². The van der Waals surface area contributed by atoms with Crippen molar-refractivity contribution in [2.24, 2.45) is 0 Å². The fourth-order valence-corrected chi connectivity index (χ4v) is 4.94. The Bertz CT molecular complexity index is 1170. The number of hydrogen-bond donors (Lipinski definition) is 1. The maximum absolute atomic E-state index is 13.3. The molecule has 1 N–H and O–H groups in total. The summed E-state index contributed by atoms with van der Waals surface area (Å²) in [6.45, 7) is 3.29. The maximum atomic E-state index is 13.3. The minimum absolute atomic E-state index is 0.107. The standard InChI is InChI=1S/C21H21N5O2S/c1-25-11-13-26(14-12-25)21-20(23-17-9-5-6-10-18(17)24-21)19(15-22)29(27,28)16-7-3-2-4-8-16/h2-10,19H,11-14H2,1H3/p+1/t19-/m0/s1. The van der Waals surface area contributed by atoms with Gasteiger partial charge in [-0.25, -0.2) is 18.4 Å². The lowest BCUT2D eigenvalue weighted by Gasteiger charge is -2.32. The van der Waals surface area contributed by atoms with Crippen LogP contribution in [0, 0.1) is 11.3 Å². The summed E-state index contributed by atoms with van der Waals surface area (Å²) in [5.41, 5.74) is 1.47. The highest BCUT2D eigenvalue weighted by molar-refractivity contribution is 7.92. The van der Waals surface area contributed by atoms with Gasteiger partial charge in [-0.1, -0.05) is 30.3 Å². The third kappa shape index (κ3) is 3.67. The van der Waals surface area contributed by atoms with E-state index in [1.54, 1.807) is 24.3 Å². The van der Waals surface area contributed by atoms with Crippen molar-refractivity contribution in [3.63, 3.8) is 0 Å². The molecule has 0 amide bonds. The SMILES string of the molecule is C[NH+]1CCN(c2nc3ccccc3nc2[C@H](C#N)S(=O)(=O)c2ccccc2)CC1. The zero-order valence-electron chi connectivity index (χ0n) is 16.1. The lowest BCUT2D eigenvalue weighted by Crippen LogP contribution is -3.12.